The number of fused-ring (bicyclic) bond motifs is 1. The lowest BCUT2D eigenvalue weighted by molar-refractivity contribution is 0.0968. The van der Waals surface area contributed by atoms with Crippen LogP contribution in [-0.2, 0) is 0 Å². The zero-order chi connectivity index (χ0) is 16.5. The number of amides is 1. The summed E-state index contributed by atoms with van der Waals surface area (Å²) in [6.45, 7) is 0.920. The maximum atomic E-state index is 12.8. The van der Waals surface area contributed by atoms with E-state index in [-0.39, 0.29) is 11.6 Å². The average Bonchev–Trinajstić information content (AvgIpc) is 3.11. The van der Waals surface area contributed by atoms with Crippen LogP contribution in [0.1, 0.15) is 10.5 Å². The lowest BCUT2D eigenvalue weighted by Gasteiger charge is -2.28. The minimum Gasteiger partial charge on any atom is -0.490 e. The van der Waals surface area contributed by atoms with Gasteiger partial charge in [0.1, 0.15) is 12.4 Å². The highest BCUT2D eigenvalue weighted by molar-refractivity contribution is 6.30. The molecule has 0 bridgehead atoms. The molecule has 4 rings (SSSR count). The van der Waals surface area contributed by atoms with Crippen molar-refractivity contribution in [2.24, 2.45) is 0 Å². The number of benzene rings is 2. The Labute approximate surface area is 143 Å². The quantitative estimate of drug-likeness (QED) is 0.706. The molecule has 3 aromatic rings. The number of anilines is 1. The number of carbonyl (C=O) groups is 1. The van der Waals surface area contributed by atoms with E-state index in [1.165, 1.54) is 0 Å². The van der Waals surface area contributed by atoms with Crippen LogP contribution in [0.3, 0.4) is 0 Å². The smallest absolute Gasteiger partial charge is 0.280 e. The van der Waals surface area contributed by atoms with Crippen LogP contribution in [0.15, 0.2) is 59.1 Å². The summed E-state index contributed by atoms with van der Waals surface area (Å²) in [6.07, 6.45) is 0. The van der Waals surface area contributed by atoms with Crippen molar-refractivity contribution in [1.82, 2.24) is 5.16 Å². The van der Waals surface area contributed by atoms with Gasteiger partial charge in [0.2, 0.25) is 0 Å². The van der Waals surface area contributed by atoms with E-state index >= 15 is 0 Å². The van der Waals surface area contributed by atoms with Crippen LogP contribution in [0.2, 0.25) is 5.02 Å². The normalized spacial score (nSPS) is 13.3. The number of carbonyl (C=O) groups excluding carboxylic acids is 1. The van der Waals surface area contributed by atoms with Gasteiger partial charge in [-0.05, 0) is 36.4 Å². The number of nitrogens with zero attached hydrogens (tertiary/aromatic N) is 2. The lowest BCUT2D eigenvalue weighted by Crippen LogP contribution is -2.38. The van der Waals surface area contributed by atoms with Crippen LogP contribution in [0.4, 0.5) is 5.69 Å². The Hall–Kier alpha value is -2.79. The first-order valence-corrected chi connectivity index (χ1v) is 7.86. The molecule has 1 aliphatic rings. The van der Waals surface area contributed by atoms with Gasteiger partial charge >= 0.3 is 0 Å². The van der Waals surface area contributed by atoms with E-state index in [9.17, 15) is 4.79 Å². The predicted molar refractivity (Wildman–Crippen MR) is 90.6 cm³/mol. The van der Waals surface area contributed by atoms with Gasteiger partial charge in [-0.2, -0.15) is 0 Å². The molecule has 5 nitrogen and oxygen atoms in total. The van der Waals surface area contributed by atoms with Crippen LogP contribution >= 0.6 is 11.6 Å². The number of hydrogen-bond donors (Lipinski definition) is 0. The maximum absolute atomic E-state index is 12.8. The highest BCUT2D eigenvalue weighted by Crippen LogP contribution is 2.32. The fourth-order valence-electron chi connectivity index (χ4n) is 2.64. The van der Waals surface area contributed by atoms with Gasteiger partial charge in [-0.15, -0.1) is 0 Å². The van der Waals surface area contributed by atoms with Gasteiger partial charge in [0, 0.05) is 16.7 Å². The number of aromatic nitrogens is 1. The molecule has 0 saturated carbocycles. The summed E-state index contributed by atoms with van der Waals surface area (Å²) >= 11 is 5.89. The van der Waals surface area contributed by atoms with Gasteiger partial charge in [-0.1, -0.05) is 28.9 Å². The summed E-state index contributed by atoms with van der Waals surface area (Å²) in [5.41, 5.74) is 1.81. The summed E-state index contributed by atoms with van der Waals surface area (Å²) in [6, 6.07) is 16.3. The molecule has 6 heteroatoms. The van der Waals surface area contributed by atoms with E-state index in [0.717, 1.165) is 11.3 Å². The molecule has 1 amide bonds. The fourth-order valence-corrected chi connectivity index (χ4v) is 2.77. The Kier molecular flexibility index (Phi) is 3.70. The molecular weight excluding hydrogens is 328 g/mol. The second-order valence-electron chi connectivity index (χ2n) is 5.36. The van der Waals surface area contributed by atoms with E-state index in [1.807, 2.05) is 36.4 Å². The molecule has 0 radical (unpaired) electrons. The topological polar surface area (TPSA) is 55.6 Å². The molecule has 1 aliphatic heterocycles. The summed E-state index contributed by atoms with van der Waals surface area (Å²) in [4.78, 5) is 14.4. The van der Waals surface area contributed by atoms with Crippen molar-refractivity contribution in [3.05, 3.63) is 65.3 Å². The van der Waals surface area contributed by atoms with Crippen molar-refractivity contribution >= 4 is 23.2 Å². The fraction of sp³-hybridized carbons (Fsp3) is 0.111. The largest absolute Gasteiger partial charge is 0.490 e. The number of ether oxygens (including phenoxy) is 1. The molecule has 0 fully saturated rings. The molecule has 0 N–H and O–H groups in total. The molecular formula is C18H13ClN2O3. The van der Waals surface area contributed by atoms with Crippen LogP contribution < -0.4 is 9.64 Å². The predicted octanol–water partition coefficient (Wildman–Crippen LogP) is 4.03. The van der Waals surface area contributed by atoms with E-state index in [2.05, 4.69) is 5.16 Å². The number of para-hydroxylation sites is 2. The molecule has 0 aliphatic carbocycles. The second-order valence-corrected chi connectivity index (χ2v) is 5.79. The van der Waals surface area contributed by atoms with Gasteiger partial charge in [-0.3, -0.25) is 9.69 Å². The maximum Gasteiger partial charge on any atom is 0.280 e. The molecule has 0 spiro atoms. The first kappa shape index (κ1) is 14.8. The van der Waals surface area contributed by atoms with Crippen molar-refractivity contribution < 1.29 is 14.1 Å². The minimum atomic E-state index is -0.213. The summed E-state index contributed by atoms with van der Waals surface area (Å²) in [5, 5.41) is 4.56. The SMILES string of the molecule is O=C(c1cc(-c2ccc(Cl)cc2)on1)N1CCOc2ccccc21. The van der Waals surface area contributed by atoms with Gasteiger partial charge < -0.3 is 9.26 Å². The van der Waals surface area contributed by atoms with Crippen LogP contribution in [0.25, 0.3) is 11.3 Å². The number of hydrogen-bond acceptors (Lipinski definition) is 4. The molecule has 0 saturated heterocycles. The monoisotopic (exact) mass is 340 g/mol. The first-order valence-electron chi connectivity index (χ1n) is 7.49. The van der Waals surface area contributed by atoms with Crippen molar-refractivity contribution in [2.75, 3.05) is 18.1 Å². The molecule has 2 aromatic carbocycles. The zero-order valence-electron chi connectivity index (χ0n) is 12.6. The summed E-state index contributed by atoms with van der Waals surface area (Å²) in [5.74, 6) is 1.00. The van der Waals surface area contributed by atoms with Crippen LogP contribution in [0.5, 0.6) is 5.75 Å². The minimum absolute atomic E-state index is 0.213. The summed E-state index contributed by atoms with van der Waals surface area (Å²) in [7, 11) is 0. The Balaban J connectivity index is 1.63. The van der Waals surface area contributed by atoms with Crippen molar-refractivity contribution in [3.63, 3.8) is 0 Å². The lowest BCUT2D eigenvalue weighted by atomic mass is 10.1. The summed E-state index contributed by atoms with van der Waals surface area (Å²) < 4.78 is 10.9. The van der Waals surface area contributed by atoms with E-state index in [4.69, 9.17) is 20.9 Å². The Morgan fingerprint density at radius 3 is 2.75 bits per heavy atom. The number of rotatable bonds is 2. The highest BCUT2D eigenvalue weighted by Gasteiger charge is 2.26. The molecule has 120 valence electrons. The van der Waals surface area contributed by atoms with E-state index in [1.54, 1.807) is 23.1 Å². The first-order chi connectivity index (χ1) is 11.7. The number of halogens is 1. The van der Waals surface area contributed by atoms with Gasteiger partial charge in [0.15, 0.2) is 11.5 Å². The molecule has 2 heterocycles. The Bertz CT molecular complexity index is 889. The van der Waals surface area contributed by atoms with Crippen molar-refractivity contribution in [1.29, 1.82) is 0 Å². The van der Waals surface area contributed by atoms with Crippen molar-refractivity contribution in [3.8, 4) is 17.1 Å². The molecule has 0 atom stereocenters. The van der Waals surface area contributed by atoms with Crippen molar-refractivity contribution in [2.45, 2.75) is 0 Å². The van der Waals surface area contributed by atoms with E-state index in [0.29, 0.717) is 29.7 Å². The van der Waals surface area contributed by atoms with Gasteiger partial charge in [0.05, 0.1) is 12.2 Å². The average molecular weight is 341 g/mol. The van der Waals surface area contributed by atoms with Gasteiger partial charge in [-0.25, -0.2) is 0 Å². The molecule has 24 heavy (non-hydrogen) atoms. The zero-order valence-corrected chi connectivity index (χ0v) is 13.4. The Morgan fingerprint density at radius 2 is 1.92 bits per heavy atom. The highest BCUT2D eigenvalue weighted by atomic mass is 35.5. The second kappa shape index (κ2) is 6.02. The van der Waals surface area contributed by atoms with E-state index < -0.39 is 0 Å². The third-order valence-electron chi connectivity index (χ3n) is 3.83. The molecule has 0 unspecified atom stereocenters. The van der Waals surface area contributed by atoms with Crippen LogP contribution in [-0.4, -0.2) is 24.2 Å². The Morgan fingerprint density at radius 1 is 1.12 bits per heavy atom. The third kappa shape index (κ3) is 2.63. The third-order valence-corrected chi connectivity index (χ3v) is 4.08. The standard InChI is InChI=1S/C18H13ClN2O3/c19-13-7-5-12(6-8-13)17-11-14(20-24-17)18(22)21-9-10-23-16-4-2-1-3-15(16)21/h1-8,11H,9-10H2. The van der Waals surface area contributed by atoms with Gasteiger partial charge in [0.25, 0.3) is 5.91 Å². The van der Waals surface area contributed by atoms with Crippen LogP contribution in [0, 0.1) is 0 Å². The molecule has 1 aromatic heterocycles.